The van der Waals surface area contributed by atoms with Crippen molar-refractivity contribution in [3.8, 4) is 6.07 Å². The third-order valence-corrected chi connectivity index (χ3v) is 6.60. The molecule has 21 heavy (non-hydrogen) atoms. The van der Waals surface area contributed by atoms with E-state index in [4.69, 9.17) is 0 Å². The fourth-order valence-electron chi connectivity index (χ4n) is 4.53. The first-order valence-corrected chi connectivity index (χ1v) is 8.87. The molecule has 2 aliphatic rings. The van der Waals surface area contributed by atoms with Gasteiger partial charge in [-0.3, -0.25) is 0 Å². The smallest absolute Gasteiger partial charge is 0.0860 e. The Morgan fingerprint density at radius 2 is 1.62 bits per heavy atom. The molecule has 1 N–H and O–H groups in total. The van der Waals surface area contributed by atoms with E-state index < -0.39 is 11.0 Å². The van der Waals surface area contributed by atoms with E-state index in [1.807, 2.05) is 0 Å². The molecule has 0 radical (unpaired) electrons. The van der Waals surface area contributed by atoms with E-state index in [0.29, 0.717) is 11.3 Å². The molecule has 2 rings (SSSR count). The Hall–Kier alpha value is -0.550. The summed E-state index contributed by atoms with van der Waals surface area (Å²) in [5.41, 5.74) is -0.905. The third kappa shape index (κ3) is 3.29. The third-order valence-electron chi connectivity index (χ3n) is 6.60. The molecule has 2 atom stereocenters. The lowest BCUT2D eigenvalue weighted by Gasteiger charge is -2.48. The van der Waals surface area contributed by atoms with Gasteiger partial charge in [0.1, 0.15) is 0 Å². The molecule has 0 amide bonds. The molecule has 120 valence electrons. The minimum atomic E-state index is -0.748. The number of rotatable bonds is 2. The average Bonchev–Trinajstić information content (AvgIpc) is 2.62. The molecular weight excluding hydrogens is 258 g/mol. The van der Waals surface area contributed by atoms with E-state index in [9.17, 15) is 10.4 Å². The van der Waals surface area contributed by atoms with Crippen molar-refractivity contribution in [2.24, 2.45) is 22.7 Å². The van der Waals surface area contributed by atoms with Crippen molar-refractivity contribution < 1.29 is 5.11 Å². The lowest BCUT2D eigenvalue weighted by Crippen LogP contribution is -2.50. The fourth-order valence-corrected chi connectivity index (χ4v) is 4.53. The van der Waals surface area contributed by atoms with Gasteiger partial charge in [0.2, 0.25) is 0 Å². The zero-order chi connectivity index (χ0) is 15.7. The van der Waals surface area contributed by atoms with Gasteiger partial charge in [-0.2, -0.15) is 5.26 Å². The maximum absolute atomic E-state index is 11.4. The van der Waals surface area contributed by atoms with Gasteiger partial charge in [-0.25, -0.2) is 0 Å². The maximum atomic E-state index is 11.4. The van der Waals surface area contributed by atoms with Gasteiger partial charge in [0.25, 0.3) is 0 Å². The molecule has 0 aromatic heterocycles. The summed E-state index contributed by atoms with van der Waals surface area (Å²) in [7, 11) is 0. The van der Waals surface area contributed by atoms with Gasteiger partial charge in [-0.1, -0.05) is 40.5 Å². The van der Waals surface area contributed by atoms with Crippen LogP contribution in [0, 0.1) is 34.0 Å². The Morgan fingerprint density at radius 3 is 2.14 bits per heavy atom. The second-order valence-electron chi connectivity index (χ2n) is 8.82. The van der Waals surface area contributed by atoms with Gasteiger partial charge in [0, 0.05) is 0 Å². The lowest BCUT2D eigenvalue weighted by atomic mass is 9.57. The fraction of sp³-hybridized carbons (Fsp3) is 0.947. The Labute approximate surface area is 130 Å². The highest BCUT2D eigenvalue weighted by Gasteiger charge is 2.53. The standard InChI is InChI=1S/C19H33NO/c1-15(2)16-6-5-8-19(21,9-7-16)18(14-20)12-10-17(3,4)11-13-18/h15-16,21H,5-13H2,1-4H3. The summed E-state index contributed by atoms with van der Waals surface area (Å²) in [6.45, 7) is 9.16. The highest BCUT2D eigenvalue weighted by molar-refractivity contribution is 5.14. The van der Waals surface area contributed by atoms with Crippen LogP contribution in [0.15, 0.2) is 0 Å². The molecule has 2 saturated carbocycles. The highest BCUT2D eigenvalue weighted by atomic mass is 16.3. The number of aliphatic hydroxyl groups is 1. The topological polar surface area (TPSA) is 44.0 Å². The summed E-state index contributed by atoms with van der Waals surface area (Å²) >= 11 is 0. The summed E-state index contributed by atoms with van der Waals surface area (Å²) in [6, 6.07) is 2.59. The lowest BCUT2D eigenvalue weighted by molar-refractivity contribution is -0.0956. The first-order chi connectivity index (χ1) is 9.74. The second kappa shape index (κ2) is 5.92. The summed E-state index contributed by atoms with van der Waals surface area (Å²) < 4.78 is 0. The van der Waals surface area contributed by atoms with Gasteiger partial charge >= 0.3 is 0 Å². The van der Waals surface area contributed by atoms with E-state index in [0.717, 1.165) is 57.3 Å². The maximum Gasteiger partial charge on any atom is 0.0860 e. The summed E-state index contributed by atoms with van der Waals surface area (Å²) in [6.07, 6.45) is 8.90. The number of nitriles is 1. The predicted molar refractivity (Wildman–Crippen MR) is 86.7 cm³/mol. The normalized spacial score (nSPS) is 36.0. The van der Waals surface area contributed by atoms with Crippen LogP contribution in [0.1, 0.15) is 85.5 Å². The molecule has 2 fully saturated rings. The van der Waals surface area contributed by atoms with Gasteiger partial charge < -0.3 is 5.11 Å². The molecule has 0 bridgehead atoms. The van der Waals surface area contributed by atoms with Gasteiger partial charge in [0.15, 0.2) is 0 Å². The van der Waals surface area contributed by atoms with Crippen molar-refractivity contribution in [3.63, 3.8) is 0 Å². The van der Waals surface area contributed by atoms with E-state index in [1.165, 1.54) is 6.42 Å². The van der Waals surface area contributed by atoms with Gasteiger partial charge in [-0.05, 0) is 62.2 Å². The largest absolute Gasteiger partial charge is 0.388 e. The summed E-state index contributed by atoms with van der Waals surface area (Å²) in [5.74, 6) is 1.41. The molecule has 0 spiro atoms. The number of hydrogen-bond donors (Lipinski definition) is 1. The molecule has 0 aromatic carbocycles. The summed E-state index contributed by atoms with van der Waals surface area (Å²) in [4.78, 5) is 0. The van der Waals surface area contributed by atoms with Gasteiger partial charge in [0.05, 0.1) is 17.1 Å². The van der Waals surface area contributed by atoms with Crippen LogP contribution in [-0.2, 0) is 0 Å². The number of nitrogens with zero attached hydrogens (tertiary/aromatic N) is 1. The van der Waals surface area contributed by atoms with Crippen LogP contribution in [0.25, 0.3) is 0 Å². The Morgan fingerprint density at radius 1 is 1.00 bits per heavy atom. The van der Waals surface area contributed by atoms with Crippen molar-refractivity contribution in [2.75, 3.05) is 0 Å². The van der Waals surface area contributed by atoms with E-state index >= 15 is 0 Å². The molecule has 2 heteroatoms. The number of hydrogen-bond acceptors (Lipinski definition) is 2. The molecule has 0 heterocycles. The highest BCUT2D eigenvalue weighted by Crippen LogP contribution is 2.54. The predicted octanol–water partition coefficient (Wildman–Crippen LogP) is 5.06. The van der Waals surface area contributed by atoms with Crippen molar-refractivity contribution in [2.45, 2.75) is 91.1 Å². The Balaban J connectivity index is 2.16. The minimum Gasteiger partial charge on any atom is -0.388 e. The van der Waals surface area contributed by atoms with E-state index in [-0.39, 0.29) is 0 Å². The second-order valence-corrected chi connectivity index (χ2v) is 8.82. The molecule has 2 unspecified atom stereocenters. The summed E-state index contributed by atoms with van der Waals surface area (Å²) in [5, 5.41) is 21.3. The van der Waals surface area contributed by atoms with Crippen LogP contribution in [0.5, 0.6) is 0 Å². The van der Waals surface area contributed by atoms with E-state index in [1.54, 1.807) is 0 Å². The first-order valence-electron chi connectivity index (χ1n) is 8.87. The van der Waals surface area contributed by atoms with Crippen LogP contribution in [0.2, 0.25) is 0 Å². The molecule has 2 aliphatic carbocycles. The zero-order valence-electron chi connectivity index (χ0n) is 14.4. The van der Waals surface area contributed by atoms with Crippen LogP contribution < -0.4 is 0 Å². The quantitative estimate of drug-likeness (QED) is 0.722. The Kier molecular flexibility index (Phi) is 4.74. The average molecular weight is 291 g/mol. The van der Waals surface area contributed by atoms with Crippen LogP contribution in [-0.4, -0.2) is 10.7 Å². The SMILES string of the molecule is CC(C)C1CCCC(O)(C2(C#N)CCC(C)(C)CC2)CC1. The van der Waals surface area contributed by atoms with Crippen molar-refractivity contribution in [3.05, 3.63) is 0 Å². The molecule has 0 saturated heterocycles. The van der Waals surface area contributed by atoms with Gasteiger partial charge in [-0.15, -0.1) is 0 Å². The molecule has 0 aliphatic heterocycles. The van der Waals surface area contributed by atoms with E-state index in [2.05, 4.69) is 33.8 Å². The molecule has 2 nitrogen and oxygen atoms in total. The minimum absolute atomic E-state index is 0.335. The monoisotopic (exact) mass is 291 g/mol. The van der Waals surface area contributed by atoms with Crippen molar-refractivity contribution in [1.82, 2.24) is 0 Å². The first kappa shape index (κ1) is 16.8. The van der Waals surface area contributed by atoms with Crippen molar-refractivity contribution >= 4 is 0 Å². The van der Waals surface area contributed by atoms with Crippen LogP contribution >= 0.6 is 0 Å². The molecule has 0 aromatic rings. The zero-order valence-corrected chi connectivity index (χ0v) is 14.4. The van der Waals surface area contributed by atoms with Crippen LogP contribution in [0.3, 0.4) is 0 Å². The Bertz CT molecular complexity index is 396. The molecular formula is C19H33NO. The van der Waals surface area contributed by atoms with Crippen LogP contribution in [0.4, 0.5) is 0 Å². The van der Waals surface area contributed by atoms with Crippen molar-refractivity contribution in [1.29, 1.82) is 5.26 Å².